The van der Waals surface area contributed by atoms with Crippen LogP contribution in [0, 0.1) is 20.8 Å². The van der Waals surface area contributed by atoms with Crippen molar-refractivity contribution >= 4 is 5.78 Å². The van der Waals surface area contributed by atoms with E-state index in [1.807, 2.05) is 26.8 Å². The van der Waals surface area contributed by atoms with Crippen molar-refractivity contribution in [2.75, 3.05) is 0 Å². The molecule has 2 heteroatoms. The van der Waals surface area contributed by atoms with Gasteiger partial charge in [-0.25, -0.2) is 0 Å². The van der Waals surface area contributed by atoms with Gasteiger partial charge in [0.1, 0.15) is 5.75 Å². The second-order valence-corrected chi connectivity index (χ2v) is 3.96. The highest BCUT2D eigenvalue weighted by molar-refractivity contribution is 6.06. The van der Waals surface area contributed by atoms with E-state index in [0.29, 0.717) is 0 Å². The maximum absolute atomic E-state index is 11.8. The van der Waals surface area contributed by atoms with Gasteiger partial charge in [0.05, 0.1) is 5.56 Å². The lowest BCUT2D eigenvalue weighted by Gasteiger charge is -2.08. The minimum absolute atomic E-state index is 0.112. The Bertz CT molecular complexity index is 419. The molecule has 1 aromatic carbocycles. The van der Waals surface area contributed by atoms with Crippen molar-refractivity contribution in [2.45, 2.75) is 33.8 Å². The Morgan fingerprint density at radius 2 is 1.86 bits per heavy atom. The van der Waals surface area contributed by atoms with E-state index in [1.54, 1.807) is 6.92 Å². The van der Waals surface area contributed by atoms with Crippen molar-refractivity contribution < 1.29 is 9.53 Å². The van der Waals surface area contributed by atoms with Gasteiger partial charge < -0.3 is 4.74 Å². The van der Waals surface area contributed by atoms with E-state index in [2.05, 4.69) is 0 Å². The van der Waals surface area contributed by atoms with E-state index >= 15 is 0 Å². The number of ketones is 1. The minimum Gasteiger partial charge on any atom is -0.482 e. The molecule has 0 spiro atoms. The molecule has 0 saturated heterocycles. The summed E-state index contributed by atoms with van der Waals surface area (Å²) in [5.74, 6) is 0.903. The molecule has 14 heavy (non-hydrogen) atoms. The Balaban J connectivity index is 2.73. The highest BCUT2D eigenvalue weighted by Gasteiger charge is 2.32. The number of Topliss-reactive ketones (excluding diaryl/α,β-unsaturated/α-hetero) is 1. The van der Waals surface area contributed by atoms with Crippen LogP contribution in [0.25, 0.3) is 0 Å². The average Bonchev–Trinajstić information content (AvgIpc) is 2.40. The Kier molecular flexibility index (Phi) is 1.88. The monoisotopic (exact) mass is 190 g/mol. The summed E-state index contributed by atoms with van der Waals surface area (Å²) >= 11 is 0. The number of carbonyl (C=O) groups is 1. The van der Waals surface area contributed by atoms with Crippen molar-refractivity contribution in [3.8, 4) is 5.75 Å². The van der Waals surface area contributed by atoms with Gasteiger partial charge in [0.15, 0.2) is 6.10 Å². The third-order valence-corrected chi connectivity index (χ3v) is 2.90. The van der Waals surface area contributed by atoms with Gasteiger partial charge in [-0.15, -0.1) is 0 Å². The lowest BCUT2D eigenvalue weighted by molar-refractivity contribution is 0.0878. The molecular weight excluding hydrogens is 176 g/mol. The highest BCUT2D eigenvalue weighted by Crippen LogP contribution is 2.36. The molecule has 0 aromatic heterocycles. The lowest BCUT2D eigenvalue weighted by atomic mass is 9.97. The van der Waals surface area contributed by atoms with E-state index in [0.717, 1.165) is 22.4 Å². The fourth-order valence-corrected chi connectivity index (χ4v) is 1.94. The second-order valence-electron chi connectivity index (χ2n) is 3.96. The molecule has 1 aromatic rings. The molecule has 0 saturated carbocycles. The lowest BCUT2D eigenvalue weighted by Crippen LogP contribution is -2.15. The van der Waals surface area contributed by atoms with Crippen LogP contribution >= 0.6 is 0 Å². The maximum Gasteiger partial charge on any atom is 0.206 e. The molecule has 2 nitrogen and oxygen atoms in total. The molecule has 1 atom stereocenters. The SMILES string of the molecule is Cc1cc(C)c2c(c1C)OC(C)C2=O. The quantitative estimate of drug-likeness (QED) is 0.628. The maximum atomic E-state index is 11.8. The first kappa shape index (κ1) is 9.25. The summed E-state index contributed by atoms with van der Waals surface area (Å²) in [7, 11) is 0. The number of hydrogen-bond acceptors (Lipinski definition) is 2. The van der Waals surface area contributed by atoms with Gasteiger partial charge in [0.2, 0.25) is 5.78 Å². The van der Waals surface area contributed by atoms with Gasteiger partial charge in [-0.1, -0.05) is 6.07 Å². The van der Waals surface area contributed by atoms with Gasteiger partial charge in [-0.2, -0.15) is 0 Å². The number of fused-ring (bicyclic) bond motifs is 1. The normalized spacial score (nSPS) is 19.4. The fourth-order valence-electron chi connectivity index (χ4n) is 1.94. The molecule has 0 radical (unpaired) electrons. The van der Waals surface area contributed by atoms with E-state index in [-0.39, 0.29) is 11.9 Å². The zero-order valence-electron chi connectivity index (χ0n) is 8.97. The third-order valence-electron chi connectivity index (χ3n) is 2.90. The molecule has 74 valence electrons. The first-order valence-electron chi connectivity index (χ1n) is 4.84. The number of ether oxygens (including phenoxy) is 1. The van der Waals surface area contributed by atoms with E-state index in [4.69, 9.17) is 4.74 Å². The molecule has 0 N–H and O–H groups in total. The van der Waals surface area contributed by atoms with Crippen LogP contribution in [0.1, 0.15) is 34.0 Å². The zero-order chi connectivity index (χ0) is 10.5. The van der Waals surface area contributed by atoms with Crippen molar-refractivity contribution in [2.24, 2.45) is 0 Å². The topological polar surface area (TPSA) is 26.3 Å². The summed E-state index contributed by atoms with van der Waals surface area (Å²) in [6, 6.07) is 2.05. The molecule has 0 amide bonds. The predicted octanol–water partition coefficient (Wildman–Crippen LogP) is 2.58. The van der Waals surface area contributed by atoms with Crippen molar-refractivity contribution in [3.63, 3.8) is 0 Å². The molecule has 1 aliphatic rings. The molecule has 1 heterocycles. The molecule has 1 aliphatic heterocycles. The van der Waals surface area contributed by atoms with Crippen LogP contribution < -0.4 is 4.74 Å². The Hall–Kier alpha value is -1.31. The first-order chi connectivity index (χ1) is 6.52. The summed E-state index contributed by atoms with van der Waals surface area (Å²) < 4.78 is 5.56. The Labute approximate surface area is 83.9 Å². The largest absolute Gasteiger partial charge is 0.482 e. The van der Waals surface area contributed by atoms with Crippen LogP contribution in [-0.2, 0) is 0 Å². The third kappa shape index (κ3) is 1.07. The van der Waals surface area contributed by atoms with Crippen LogP contribution in [0.2, 0.25) is 0 Å². The second kappa shape index (κ2) is 2.84. The smallest absolute Gasteiger partial charge is 0.206 e. The highest BCUT2D eigenvalue weighted by atomic mass is 16.5. The Morgan fingerprint density at radius 3 is 2.50 bits per heavy atom. The van der Waals surface area contributed by atoms with Crippen molar-refractivity contribution in [3.05, 3.63) is 28.3 Å². The summed E-state index contributed by atoms with van der Waals surface area (Å²) in [5.41, 5.74) is 4.07. The standard InChI is InChI=1S/C12H14O2/c1-6-5-7(2)10-11(13)9(4)14-12(10)8(6)3/h5,9H,1-4H3. The summed E-state index contributed by atoms with van der Waals surface area (Å²) in [6.07, 6.45) is -0.316. The van der Waals surface area contributed by atoms with E-state index in [1.165, 1.54) is 5.56 Å². The number of hydrogen-bond donors (Lipinski definition) is 0. The number of aryl methyl sites for hydroxylation is 2. The van der Waals surface area contributed by atoms with Gasteiger partial charge in [0.25, 0.3) is 0 Å². The average molecular weight is 190 g/mol. The van der Waals surface area contributed by atoms with Crippen LogP contribution in [0.3, 0.4) is 0 Å². The number of benzene rings is 1. The van der Waals surface area contributed by atoms with E-state index in [9.17, 15) is 4.79 Å². The van der Waals surface area contributed by atoms with Gasteiger partial charge in [-0.05, 0) is 44.4 Å². The van der Waals surface area contributed by atoms with Crippen molar-refractivity contribution in [1.82, 2.24) is 0 Å². The molecular formula is C12H14O2. The fraction of sp³-hybridized carbons (Fsp3) is 0.417. The van der Waals surface area contributed by atoms with Crippen LogP contribution in [0.5, 0.6) is 5.75 Å². The molecule has 0 fully saturated rings. The zero-order valence-corrected chi connectivity index (χ0v) is 8.97. The van der Waals surface area contributed by atoms with Gasteiger partial charge >= 0.3 is 0 Å². The number of carbonyl (C=O) groups excluding carboxylic acids is 1. The van der Waals surface area contributed by atoms with Crippen LogP contribution in [0.4, 0.5) is 0 Å². The first-order valence-corrected chi connectivity index (χ1v) is 4.84. The predicted molar refractivity (Wildman–Crippen MR) is 55.1 cm³/mol. The van der Waals surface area contributed by atoms with Crippen LogP contribution in [0.15, 0.2) is 6.07 Å². The Morgan fingerprint density at radius 1 is 1.21 bits per heavy atom. The summed E-state index contributed by atoms with van der Waals surface area (Å²) in [4.78, 5) is 11.8. The molecule has 0 bridgehead atoms. The molecule has 1 unspecified atom stereocenters. The van der Waals surface area contributed by atoms with Crippen LogP contribution in [-0.4, -0.2) is 11.9 Å². The minimum atomic E-state index is -0.316. The molecule has 2 rings (SSSR count). The van der Waals surface area contributed by atoms with Crippen molar-refractivity contribution in [1.29, 1.82) is 0 Å². The summed E-state index contributed by atoms with van der Waals surface area (Å²) in [5, 5.41) is 0. The number of rotatable bonds is 0. The summed E-state index contributed by atoms with van der Waals surface area (Å²) in [6.45, 7) is 7.81. The van der Waals surface area contributed by atoms with Gasteiger partial charge in [-0.3, -0.25) is 4.79 Å². The van der Waals surface area contributed by atoms with Gasteiger partial charge in [0, 0.05) is 0 Å². The van der Waals surface area contributed by atoms with E-state index < -0.39 is 0 Å². The molecule has 0 aliphatic carbocycles.